The van der Waals surface area contributed by atoms with Gasteiger partial charge in [0.25, 0.3) is 0 Å². The van der Waals surface area contributed by atoms with Gasteiger partial charge >= 0.3 is 5.97 Å². The van der Waals surface area contributed by atoms with Crippen molar-refractivity contribution >= 4 is 22.8 Å². The summed E-state index contributed by atoms with van der Waals surface area (Å²) in [5.74, 6) is -0.369. The van der Waals surface area contributed by atoms with E-state index in [1.54, 1.807) is 26.0 Å². The van der Waals surface area contributed by atoms with Crippen LogP contribution < -0.4 is 0 Å². The number of hydrogen-bond donors (Lipinski definition) is 2. The fourth-order valence-corrected chi connectivity index (χ4v) is 2.77. The molecule has 1 aromatic carbocycles. The van der Waals surface area contributed by atoms with Crippen LogP contribution in [0.15, 0.2) is 23.2 Å². The average molecular weight is 251 g/mol. The molecule has 90 valence electrons. The van der Waals surface area contributed by atoms with E-state index in [2.05, 4.69) is 4.99 Å². The van der Waals surface area contributed by atoms with Gasteiger partial charge in [-0.3, -0.25) is 4.99 Å². The van der Waals surface area contributed by atoms with Crippen molar-refractivity contribution in [3.8, 4) is 5.75 Å². The number of hydrogen-bond acceptors (Lipinski definition) is 4. The molecule has 0 aliphatic carbocycles. The van der Waals surface area contributed by atoms with E-state index in [0.29, 0.717) is 16.4 Å². The molecule has 1 aromatic rings. The Hall–Kier alpha value is -1.49. The lowest BCUT2D eigenvalue weighted by Gasteiger charge is -2.11. The Balaban J connectivity index is 2.43. The molecule has 4 nitrogen and oxygen atoms in total. The van der Waals surface area contributed by atoms with Crippen molar-refractivity contribution in [2.45, 2.75) is 19.4 Å². The van der Waals surface area contributed by atoms with Gasteiger partial charge in [-0.25, -0.2) is 4.79 Å². The van der Waals surface area contributed by atoms with Gasteiger partial charge in [-0.05, 0) is 25.5 Å². The number of carboxylic acid groups (broad SMARTS) is 1. The minimum absolute atomic E-state index is 0.174. The number of carbonyl (C=O) groups is 1. The number of rotatable bonds is 2. The van der Waals surface area contributed by atoms with Gasteiger partial charge in [0.1, 0.15) is 10.8 Å². The Bertz CT molecular complexity index is 512. The highest BCUT2D eigenvalue weighted by Gasteiger charge is 2.38. The van der Waals surface area contributed by atoms with Gasteiger partial charge < -0.3 is 10.2 Å². The lowest BCUT2D eigenvalue weighted by Crippen LogP contribution is -2.33. The number of aromatic hydroxyl groups is 1. The molecule has 0 amide bonds. The number of nitrogens with zero attached hydrogens (tertiary/aromatic N) is 1. The summed E-state index contributed by atoms with van der Waals surface area (Å²) in [5.41, 5.74) is 0.283. The predicted molar refractivity (Wildman–Crippen MR) is 67.9 cm³/mol. The highest BCUT2D eigenvalue weighted by molar-refractivity contribution is 8.14. The van der Waals surface area contributed by atoms with E-state index >= 15 is 0 Å². The molecule has 1 atom stereocenters. The first-order valence-electron chi connectivity index (χ1n) is 5.19. The number of para-hydroxylation sites is 1. The molecule has 0 saturated heterocycles. The van der Waals surface area contributed by atoms with Crippen molar-refractivity contribution < 1.29 is 15.0 Å². The molecule has 17 heavy (non-hydrogen) atoms. The molecule has 2 rings (SSSR count). The standard InChI is InChI=1S/C12H13NO3S/c1-7-4-3-5-8(9(7)14)10-13-12(2,6-17-10)11(15)16/h3-5,14H,6H2,1-2H3,(H,15,16)/t12-/m1/s1. The zero-order chi connectivity index (χ0) is 12.6. The minimum Gasteiger partial charge on any atom is -0.507 e. The highest BCUT2D eigenvalue weighted by Crippen LogP contribution is 2.34. The third kappa shape index (κ3) is 2.02. The quantitative estimate of drug-likeness (QED) is 0.843. The maximum atomic E-state index is 11.1. The molecular formula is C12H13NO3S. The molecule has 0 fully saturated rings. The van der Waals surface area contributed by atoms with Crippen LogP contribution in [-0.2, 0) is 4.79 Å². The Labute approximate surface area is 103 Å². The number of phenols is 1. The van der Waals surface area contributed by atoms with Gasteiger partial charge in [-0.2, -0.15) is 0 Å². The SMILES string of the molecule is Cc1cccc(C2=N[C@@](C)(C(=O)O)CS2)c1O. The van der Waals surface area contributed by atoms with E-state index in [-0.39, 0.29) is 5.75 Å². The van der Waals surface area contributed by atoms with Gasteiger partial charge in [0.05, 0.1) is 0 Å². The van der Waals surface area contributed by atoms with E-state index in [1.165, 1.54) is 11.8 Å². The summed E-state index contributed by atoms with van der Waals surface area (Å²) >= 11 is 1.36. The molecule has 0 spiro atoms. The third-order valence-electron chi connectivity index (χ3n) is 2.77. The van der Waals surface area contributed by atoms with Crippen molar-refractivity contribution in [2.75, 3.05) is 5.75 Å². The molecule has 2 N–H and O–H groups in total. The molecule has 0 unspecified atom stereocenters. The van der Waals surface area contributed by atoms with E-state index in [4.69, 9.17) is 5.11 Å². The number of aliphatic imine (C=N–C) groups is 1. The Morgan fingerprint density at radius 3 is 2.82 bits per heavy atom. The highest BCUT2D eigenvalue weighted by atomic mass is 32.2. The normalized spacial score (nSPS) is 23.5. The molecule has 1 aliphatic rings. The summed E-state index contributed by atoms with van der Waals surface area (Å²) < 4.78 is 0. The number of benzene rings is 1. The van der Waals surface area contributed by atoms with Gasteiger partial charge in [0, 0.05) is 11.3 Å². The number of aryl methyl sites for hydroxylation is 1. The Morgan fingerprint density at radius 1 is 1.53 bits per heavy atom. The zero-order valence-corrected chi connectivity index (χ0v) is 10.4. The number of thioether (sulfide) groups is 1. The molecule has 1 aliphatic heterocycles. The van der Waals surface area contributed by atoms with Crippen molar-refractivity contribution in [3.63, 3.8) is 0 Å². The van der Waals surface area contributed by atoms with Crippen LogP contribution in [0.1, 0.15) is 18.1 Å². The smallest absolute Gasteiger partial charge is 0.332 e. The van der Waals surface area contributed by atoms with E-state index < -0.39 is 11.5 Å². The van der Waals surface area contributed by atoms with Crippen LogP contribution in [0.5, 0.6) is 5.75 Å². The Kier molecular flexibility index (Phi) is 2.87. The Morgan fingerprint density at radius 2 is 2.24 bits per heavy atom. The summed E-state index contributed by atoms with van der Waals surface area (Å²) in [6.07, 6.45) is 0. The van der Waals surface area contributed by atoms with Crippen molar-refractivity contribution in [2.24, 2.45) is 4.99 Å². The lowest BCUT2D eigenvalue weighted by molar-refractivity contribution is -0.141. The molecule has 0 bridgehead atoms. The maximum absolute atomic E-state index is 11.1. The fraction of sp³-hybridized carbons (Fsp3) is 0.333. The minimum atomic E-state index is -1.09. The van der Waals surface area contributed by atoms with Gasteiger partial charge in [-0.15, -0.1) is 11.8 Å². The summed E-state index contributed by atoms with van der Waals surface area (Å²) in [4.78, 5) is 15.3. The molecule has 0 saturated carbocycles. The predicted octanol–water partition coefficient (Wildman–Crippen LogP) is 2.04. The van der Waals surface area contributed by atoms with Crippen molar-refractivity contribution in [3.05, 3.63) is 29.3 Å². The van der Waals surface area contributed by atoms with Crippen LogP contribution in [0, 0.1) is 6.92 Å². The fourth-order valence-electron chi connectivity index (χ4n) is 1.58. The van der Waals surface area contributed by atoms with Crippen LogP contribution in [0.3, 0.4) is 0 Å². The second kappa shape index (κ2) is 4.07. The lowest BCUT2D eigenvalue weighted by atomic mass is 10.1. The van der Waals surface area contributed by atoms with Crippen LogP contribution >= 0.6 is 11.8 Å². The molecule has 0 aromatic heterocycles. The third-order valence-corrected chi connectivity index (χ3v) is 4.06. The van der Waals surface area contributed by atoms with Crippen LogP contribution in [0.25, 0.3) is 0 Å². The summed E-state index contributed by atoms with van der Waals surface area (Å²) in [5, 5.41) is 19.6. The van der Waals surface area contributed by atoms with Crippen LogP contribution in [0.2, 0.25) is 0 Å². The largest absolute Gasteiger partial charge is 0.507 e. The first-order chi connectivity index (χ1) is 7.94. The zero-order valence-electron chi connectivity index (χ0n) is 9.60. The van der Waals surface area contributed by atoms with Crippen LogP contribution in [0.4, 0.5) is 0 Å². The van der Waals surface area contributed by atoms with Gasteiger partial charge in [0.2, 0.25) is 0 Å². The van der Waals surface area contributed by atoms with Gasteiger partial charge in [0.15, 0.2) is 5.54 Å². The number of carboxylic acids is 1. The number of aliphatic carboxylic acids is 1. The van der Waals surface area contributed by atoms with Gasteiger partial charge in [-0.1, -0.05) is 12.1 Å². The first kappa shape index (κ1) is 12.0. The van der Waals surface area contributed by atoms with E-state index in [0.717, 1.165) is 5.56 Å². The monoisotopic (exact) mass is 251 g/mol. The number of phenolic OH excluding ortho intramolecular Hbond substituents is 1. The van der Waals surface area contributed by atoms with Crippen molar-refractivity contribution in [1.29, 1.82) is 0 Å². The topological polar surface area (TPSA) is 69.9 Å². The molecular weight excluding hydrogens is 238 g/mol. The maximum Gasteiger partial charge on any atom is 0.332 e. The molecule has 1 heterocycles. The average Bonchev–Trinajstić information content (AvgIpc) is 2.66. The summed E-state index contributed by atoms with van der Waals surface area (Å²) in [6.45, 7) is 3.39. The molecule has 5 heteroatoms. The second-order valence-electron chi connectivity index (χ2n) is 4.26. The van der Waals surface area contributed by atoms with Crippen LogP contribution in [-0.4, -0.2) is 32.5 Å². The summed E-state index contributed by atoms with van der Waals surface area (Å²) in [6, 6.07) is 5.38. The second-order valence-corrected chi connectivity index (χ2v) is 5.22. The van der Waals surface area contributed by atoms with Crippen molar-refractivity contribution in [1.82, 2.24) is 0 Å². The van der Waals surface area contributed by atoms with E-state index in [9.17, 15) is 9.90 Å². The summed E-state index contributed by atoms with van der Waals surface area (Å²) in [7, 11) is 0. The van der Waals surface area contributed by atoms with E-state index in [1.807, 2.05) is 6.07 Å². The first-order valence-corrected chi connectivity index (χ1v) is 6.17. The molecule has 0 radical (unpaired) electrons.